The van der Waals surface area contributed by atoms with Crippen molar-refractivity contribution in [2.75, 3.05) is 25.5 Å². The molecular formula is C20H25N3O. The predicted molar refractivity (Wildman–Crippen MR) is 97.4 cm³/mol. The summed E-state index contributed by atoms with van der Waals surface area (Å²) >= 11 is 0. The van der Waals surface area contributed by atoms with E-state index in [9.17, 15) is 0 Å². The first-order valence-electron chi connectivity index (χ1n) is 8.85. The van der Waals surface area contributed by atoms with Crippen LogP contribution in [0.4, 0.5) is 5.82 Å². The molecule has 0 spiro atoms. The molecule has 1 N–H and O–H groups in total. The van der Waals surface area contributed by atoms with Crippen LogP contribution >= 0.6 is 0 Å². The smallest absolute Gasteiger partial charge is 0.126 e. The zero-order valence-corrected chi connectivity index (χ0v) is 14.4. The summed E-state index contributed by atoms with van der Waals surface area (Å²) in [5.74, 6) is 2.63. The summed E-state index contributed by atoms with van der Waals surface area (Å²) < 4.78 is 5.30. The monoisotopic (exact) mass is 323 g/mol. The number of hydrogen-bond donors (Lipinski definition) is 1. The van der Waals surface area contributed by atoms with Gasteiger partial charge in [0.15, 0.2) is 0 Å². The topological polar surface area (TPSA) is 37.4 Å². The van der Waals surface area contributed by atoms with Gasteiger partial charge in [-0.25, -0.2) is 4.98 Å². The van der Waals surface area contributed by atoms with E-state index in [-0.39, 0.29) is 0 Å². The summed E-state index contributed by atoms with van der Waals surface area (Å²) in [4.78, 5) is 7.25. The molecule has 2 bridgehead atoms. The van der Waals surface area contributed by atoms with Crippen LogP contribution in [0.5, 0.6) is 5.75 Å². The van der Waals surface area contributed by atoms with Gasteiger partial charge in [0.25, 0.3) is 0 Å². The Morgan fingerprint density at radius 1 is 1.12 bits per heavy atom. The van der Waals surface area contributed by atoms with E-state index in [0.717, 1.165) is 28.6 Å². The fourth-order valence-corrected chi connectivity index (χ4v) is 4.17. The number of pyridine rings is 1. The standard InChI is InChI=1S/C20H25N3O/c1-14-20(15-8-10-23(14)11-9-15)22-19-7-6-17(13-21-19)16-4-3-5-18(12-16)24-2/h3-7,12-15,20H,8-11H2,1-2H3,(H,21,22). The van der Waals surface area contributed by atoms with E-state index in [1.54, 1.807) is 7.11 Å². The van der Waals surface area contributed by atoms with Crippen LogP contribution in [0, 0.1) is 5.92 Å². The maximum Gasteiger partial charge on any atom is 0.126 e. The van der Waals surface area contributed by atoms with E-state index in [2.05, 4.69) is 40.3 Å². The molecule has 1 aromatic carbocycles. The lowest BCUT2D eigenvalue weighted by atomic mass is 9.79. The first-order chi connectivity index (χ1) is 11.7. The summed E-state index contributed by atoms with van der Waals surface area (Å²) in [6, 6.07) is 13.4. The van der Waals surface area contributed by atoms with Crippen molar-refractivity contribution in [2.24, 2.45) is 5.92 Å². The minimum atomic E-state index is 0.516. The number of benzene rings is 1. The second-order valence-corrected chi connectivity index (χ2v) is 6.95. The molecule has 0 amide bonds. The molecule has 5 rings (SSSR count). The lowest BCUT2D eigenvalue weighted by Gasteiger charge is -2.50. The number of piperidine rings is 3. The molecule has 4 heterocycles. The van der Waals surface area contributed by atoms with Crippen LogP contribution in [0.2, 0.25) is 0 Å². The van der Waals surface area contributed by atoms with Gasteiger partial charge in [-0.3, -0.25) is 4.90 Å². The Hall–Kier alpha value is -2.07. The fraction of sp³-hybridized carbons (Fsp3) is 0.450. The van der Waals surface area contributed by atoms with Crippen LogP contribution in [0.1, 0.15) is 19.8 Å². The van der Waals surface area contributed by atoms with Gasteiger partial charge in [-0.15, -0.1) is 0 Å². The van der Waals surface area contributed by atoms with Crippen LogP contribution in [0.3, 0.4) is 0 Å². The van der Waals surface area contributed by atoms with Crippen LogP contribution in [0.15, 0.2) is 42.6 Å². The van der Waals surface area contributed by atoms with Crippen molar-refractivity contribution in [3.05, 3.63) is 42.6 Å². The van der Waals surface area contributed by atoms with Gasteiger partial charge < -0.3 is 10.1 Å². The average Bonchev–Trinajstić information content (AvgIpc) is 2.65. The molecule has 4 heteroatoms. The molecule has 3 fully saturated rings. The Labute approximate surface area is 143 Å². The van der Waals surface area contributed by atoms with E-state index in [0.29, 0.717) is 12.1 Å². The Morgan fingerprint density at radius 2 is 1.96 bits per heavy atom. The molecule has 126 valence electrons. The minimum absolute atomic E-state index is 0.516. The van der Waals surface area contributed by atoms with Crippen LogP contribution in [-0.2, 0) is 0 Å². The number of ether oxygens (including phenoxy) is 1. The SMILES string of the molecule is COc1cccc(-c2ccc(NC3C4CCN(CC4)C3C)nc2)c1. The largest absolute Gasteiger partial charge is 0.497 e. The Balaban J connectivity index is 1.50. The molecule has 1 aromatic heterocycles. The van der Waals surface area contributed by atoms with Gasteiger partial charge in [-0.2, -0.15) is 0 Å². The number of aromatic nitrogens is 1. The summed E-state index contributed by atoms with van der Waals surface area (Å²) in [5.41, 5.74) is 2.24. The molecular weight excluding hydrogens is 298 g/mol. The molecule has 0 saturated carbocycles. The third-order valence-corrected chi connectivity index (χ3v) is 5.66. The fourth-order valence-electron chi connectivity index (χ4n) is 4.17. The van der Waals surface area contributed by atoms with Crippen molar-refractivity contribution in [1.82, 2.24) is 9.88 Å². The highest BCUT2D eigenvalue weighted by Gasteiger charge is 2.39. The number of nitrogens with one attached hydrogen (secondary N) is 1. The Morgan fingerprint density at radius 3 is 2.62 bits per heavy atom. The van der Waals surface area contributed by atoms with Crippen molar-refractivity contribution in [1.29, 1.82) is 0 Å². The molecule has 24 heavy (non-hydrogen) atoms. The zero-order valence-electron chi connectivity index (χ0n) is 14.4. The molecule has 2 aromatic rings. The van der Waals surface area contributed by atoms with E-state index >= 15 is 0 Å². The number of fused-ring (bicyclic) bond motifs is 3. The van der Waals surface area contributed by atoms with Crippen molar-refractivity contribution >= 4 is 5.82 Å². The molecule has 3 aliphatic heterocycles. The van der Waals surface area contributed by atoms with Gasteiger partial charge in [-0.1, -0.05) is 12.1 Å². The lowest BCUT2D eigenvalue weighted by molar-refractivity contribution is 0.0457. The van der Waals surface area contributed by atoms with Gasteiger partial charge in [0.2, 0.25) is 0 Å². The zero-order chi connectivity index (χ0) is 16.5. The first-order valence-corrected chi connectivity index (χ1v) is 8.85. The van der Waals surface area contributed by atoms with E-state index in [4.69, 9.17) is 4.74 Å². The lowest BCUT2D eigenvalue weighted by Crippen LogP contribution is -2.59. The van der Waals surface area contributed by atoms with Crippen LogP contribution < -0.4 is 10.1 Å². The maximum absolute atomic E-state index is 5.30. The van der Waals surface area contributed by atoms with Crippen LogP contribution in [0.25, 0.3) is 11.1 Å². The number of nitrogens with zero attached hydrogens (tertiary/aromatic N) is 2. The second kappa shape index (κ2) is 6.44. The molecule has 2 unspecified atom stereocenters. The third-order valence-electron chi connectivity index (χ3n) is 5.66. The maximum atomic E-state index is 5.30. The third kappa shape index (κ3) is 2.86. The van der Waals surface area contributed by atoms with Crippen molar-refractivity contribution in [3.63, 3.8) is 0 Å². The van der Waals surface area contributed by atoms with Crippen molar-refractivity contribution in [3.8, 4) is 16.9 Å². The molecule has 3 aliphatic rings. The predicted octanol–water partition coefficient (Wildman–Crippen LogP) is 3.65. The average molecular weight is 323 g/mol. The van der Waals surface area contributed by atoms with Gasteiger partial charge in [0.1, 0.15) is 11.6 Å². The molecule has 0 radical (unpaired) electrons. The first kappa shape index (κ1) is 15.5. The summed E-state index contributed by atoms with van der Waals surface area (Å²) in [6.07, 6.45) is 4.57. The quantitative estimate of drug-likeness (QED) is 0.932. The number of rotatable bonds is 4. The second-order valence-electron chi connectivity index (χ2n) is 6.95. The molecule has 0 aliphatic carbocycles. The Bertz CT molecular complexity index is 690. The summed E-state index contributed by atoms with van der Waals surface area (Å²) in [6.45, 7) is 4.85. The molecule has 4 nitrogen and oxygen atoms in total. The number of hydrogen-bond acceptors (Lipinski definition) is 4. The van der Waals surface area contributed by atoms with Gasteiger partial charge in [-0.05, 0) is 68.6 Å². The van der Waals surface area contributed by atoms with Crippen molar-refractivity contribution < 1.29 is 4.74 Å². The number of anilines is 1. The van der Waals surface area contributed by atoms with Crippen molar-refractivity contribution in [2.45, 2.75) is 31.8 Å². The van der Waals surface area contributed by atoms with Gasteiger partial charge >= 0.3 is 0 Å². The van der Waals surface area contributed by atoms with E-state index in [1.165, 1.54) is 25.9 Å². The highest BCUT2D eigenvalue weighted by Crippen LogP contribution is 2.34. The minimum Gasteiger partial charge on any atom is -0.497 e. The van der Waals surface area contributed by atoms with E-state index < -0.39 is 0 Å². The molecule has 3 saturated heterocycles. The van der Waals surface area contributed by atoms with Crippen LogP contribution in [-0.4, -0.2) is 42.2 Å². The highest BCUT2D eigenvalue weighted by atomic mass is 16.5. The normalized spacial score (nSPS) is 28.6. The summed E-state index contributed by atoms with van der Waals surface area (Å²) in [7, 11) is 1.69. The van der Waals surface area contributed by atoms with Gasteiger partial charge in [0.05, 0.1) is 7.11 Å². The Kier molecular flexibility index (Phi) is 4.15. The summed E-state index contributed by atoms with van der Waals surface area (Å²) in [5, 5.41) is 3.69. The molecule has 2 atom stereocenters. The number of methoxy groups -OCH3 is 1. The highest BCUT2D eigenvalue weighted by molar-refractivity contribution is 5.65. The van der Waals surface area contributed by atoms with E-state index in [1.807, 2.05) is 24.4 Å². The van der Waals surface area contributed by atoms with Gasteiger partial charge in [0, 0.05) is 23.8 Å².